The fourth-order valence-corrected chi connectivity index (χ4v) is 3.19. The summed E-state index contributed by atoms with van der Waals surface area (Å²) in [6, 6.07) is 0. The van der Waals surface area contributed by atoms with Crippen LogP contribution in [0.4, 0.5) is 0 Å². The van der Waals surface area contributed by atoms with E-state index in [4.69, 9.17) is 15.2 Å². The third-order valence-corrected chi connectivity index (χ3v) is 4.36. The molecule has 0 aromatic heterocycles. The first-order valence-electron chi connectivity index (χ1n) is 7.23. The maximum atomic E-state index is 12.7. The first kappa shape index (κ1) is 14.8. The number of nitrogens with two attached hydrogens (primary N) is 1. The maximum Gasteiger partial charge on any atom is 0.227 e. The molecule has 2 aliphatic rings. The van der Waals surface area contributed by atoms with Crippen molar-refractivity contribution in [2.24, 2.45) is 11.7 Å². The number of rotatable bonds is 3. The summed E-state index contributed by atoms with van der Waals surface area (Å²) in [6.45, 7) is 4.44. The first-order valence-corrected chi connectivity index (χ1v) is 7.23. The van der Waals surface area contributed by atoms with E-state index < -0.39 is 0 Å². The average Bonchev–Trinajstić information content (AvgIpc) is 2.38. The summed E-state index contributed by atoms with van der Waals surface area (Å²) >= 11 is 0. The SMILES string of the molecule is COCC1CN(C(=O)C2CCCCC2(C)N)CCO1. The lowest BCUT2D eigenvalue weighted by molar-refractivity contribution is -0.148. The molecule has 1 amide bonds. The fraction of sp³-hybridized carbons (Fsp3) is 0.929. The van der Waals surface area contributed by atoms with Crippen LogP contribution in [-0.2, 0) is 14.3 Å². The second-order valence-corrected chi connectivity index (χ2v) is 6.04. The van der Waals surface area contributed by atoms with E-state index in [9.17, 15) is 4.79 Å². The van der Waals surface area contributed by atoms with Crippen LogP contribution in [0.15, 0.2) is 0 Å². The molecule has 1 aliphatic carbocycles. The van der Waals surface area contributed by atoms with Crippen molar-refractivity contribution in [3.8, 4) is 0 Å². The van der Waals surface area contributed by atoms with Crippen molar-refractivity contribution >= 4 is 5.91 Å². The molecule has 0 bridgehead atoms. The van der Waals surface area contributed by atoms with Crippen LogP contribution in [0.2, 0.25) is 0 Å². The van der Waals surface area contributed by atoms with Gasteiger partial charge < -0.3 is 20.1 Å². The first-order chi connectivity index (χ1) is 9.04. The van der Waals surface area contributed by atoms with Gasteiger partial charge in [0.15, 0.2) is 0 Å². The normalized spacial score (nSPS) is 36.3. The molecule has 0 radical (unpaired) electrons. The van der Waals surface area contributed by atoms with Crippen LogP contribution in [-0.4, -0.2) is 55.9 Å². The quantitative estimate of drug-likeness (QED) is 0.822. The Kier molecular flexibility index (Phi) is 4.81. The Morgan fingerprint density at radius 1 is 1.53 bits per heavy atom. The van der Waals surface area contributed by atoms with Gasteiger partial charge in [-0.1, -0.05) is 12.8 Å². The van der Waals surface area contributed by atoms with E-state index in [0.717, 1.165) is 25.7 Å². The van der Waals surface area contributed by atoms with E-state index in [1.165, 1.54) is 0 Å². The number of amides is 1. The van der Waals surface area contributed by atoms with Crippen molar-refractivity contribution in [3.05, 3.63) is 0 Å². The molecule has 1 aliphatic heterocycles. The zero-order valence-corrected chi connectivity index (χ0v) is 12.1. The molecule has 5 nitrogen and oxygen atoms in total. The molecule has 3 atom stereocenters. The van der Waals surface area contributed by atoms with Gasteiger partial charge in [-0.25, -0.2) is 0 Å². The minimum absolute atomic E-state index is 0.00433. The van der Waals surface area contributed by atoms with Gasteiger partial charge in [-0.15, -0.1) is 0 Å². The minimum Gasteiger partial charge on any atom is -0.382 e. The minimum atomic E-state index is -0.357. The molecule has 0 aromatic carbocycles. The van der Waals surface area contributed by atoms with E-state index in [1.54, 1.807) is 7.11 Å². The molecule has 19 heavy (non-hydrogen) atoms. The topological polar surface area (TPSA) is 64.8 Å². The largest absolute Gasteiger partial charge is 0.382 e. The van der Waals surface area contributed by atoms with Gasteiger partial charge in [0.1, 0.15) is 0 Å². The number of hydrogen-bond donors (Lipinski definition) is 1. The second kappa shape index (κ2) is 6.20. The lowest BCUT2D eigenvalue weighted by Crippen LogP contribution is -2.56. The van der Waals surface area contributed by atoms with Crippen LogP contribution in [0.3, 0.4) is 0 Å². The Labute approximate surface area is 115 Å². The molecule has 0 aromatic rings. The number of morpholine rings is 1. The van der Waals surface area contributed by atoms with Crippen LogP contribution >= 0.6 is 0 Å². The predicted molar refractivity (Wildman–Crippen MR) is 72.7 cm³/mol. The molecule has 0 spiro atoms. The lowest BCUT2D eigenvalue weighted by Gasteiger charge is -2.42. The van der Waals surface area contributed by atoms with Crippen LogP contribution in [0.25, 0.3) is 0 Å². The highest BCUT2D eigenvalue weighted by Gasteiger charge is 2.40. The molecular formula is C14H26N2O3. The monoisotopic (exact) mass is 270 g/mol. The van der Waals surface area contributed by atoms with Crippen molar-refractivity contribution in [1.82, 2.24) is 4.90 Å². The smallest absolute Gasteiger partial charge is 0.227 e. The highest BCUT2D eigenvalue weighted by atomic mass is 16.5. The summed E-state index contributed by atoms with van der Waals surface area (Å²) in [4.78, 5) is 14.6. The van der Waals surface area contributed by atoms with Crippen LogP contribution < -0.4 is 5.73 Å². The van der Waals surface area contributed by atoms with E-state index in [-0.39, 0.29) is 23.5 Å². The van der Waals surface area contributed by atoms with Gasteiger partial charge in [0.05, 0.1) is 25.2 Å². The van der Waals surface area contributed by atoms with Gasteiger partial charge in [-0.05, 0) is 19.8 Å². The number of carbonyl (C=O) groups is 1. The van der Waals surface area contributed by atoms with Crippen LogP contribution in [0.1, 0.15) is 32.6 Å². The molecule has 2 rings (SSSR count). The Bertz CT molecular complexity index is 318. The van der Waals surface area contributed by atoms with Gasteiger partial charge in [-0.2, -0.15) is 0 Å². The summed E-state index contributed by atoms with van der Waals surface area (Å²) < 4.78 is 10.7. The number of hydrogen-bond acceptors (Lipinski definition) is 4. The number of nitrogens with zero attached hydrogens (tertiary/aromatic N) is 1. The molecule has 1 heterocycles. The highest BCUT2D eigenvalue weighted by molar-refractivity contribution is 5.80. The standard InChI is InChI=1S/C14H26N2O3/c1-14(15)6-4-3-5-12(14)13(17)16-7-8-19-11(9-16)10-18-2/h11-12H,3-10,15H2,1-2H3. The Balaban J connectivity index is 1.98. The number of carbonyl (C=O) groups excluding carboxylic acids is 1. The number of methoxy groups -OCH3 is 1. The maximum absolute atomic E-state index is 12.7. The summed E-state index contributed by atoms with van der Waals surface area (Å²) in [5.41, 5.74) is 5.96. The zero-order chi connectivity index (χ0) is 13.9. The average molecular weight is 270 g/mol. The van der Waals surface area contributed by atoms with Crippen molar-refractivity contribution in [2.45, 2.75) is 44.2 Å². The van der Waals surface area contributed by atoms with E-state index in [2.05, 4.69) is 0 Å². The molecule has 1 saturated heterocycles. The molecule has 1 saturated carbocycles. The Morgan fingerprint density at radius 3 is 3.00 bits per heavy atom. The van der Waals surface area contributed by atoms with Gasteiger partial charge >= 0.3 is 0 Å². The second-order valence-electron chi connectivity index (χ2n) is 6.04. The van der Waals surface area contributed by atoms with Crippen molar-refractivity contribution in [1.29, 1.82) is 0 Å². The third-order valence-electron chi connectivity index (χ3n) is 4.36. The van der Waals surface area contributed by atoms with E-state index in [1.807, 2.05) is 11.8 Å². The molecule has 110 valence electrons. The van der Waals surface area contributed by atoms with Crippen molar-refractivity contribution in [3.63, 3.8) is 0 Å². The van der Waals surface area contributed by atoms with Crippen LogP contribution in [0, 0.1) is 5.92 Å². The van der Waals surface area contributed by atoms with E-state index >= 15 is 0 Å². The number of ether oxygens (including phenoxy) is 2. The Morgan fingerprint density at radius 2 is 2.32 bits per heavy atom. The summed E-state index contributed by atoms with van der Waals surface area (Å²) in [7, 11) is 1.65. The summed E-state index contributed by atoms with van der Waals surface area (Å²) in [5.74, 6) is 0.164. The molecular weight excluding hydrogens is 244 g/mol. The fourth-order valence-electron chi connectivity index (χ4n) is 3.19. The van der Waals surface area contributed by atoms with Gasteiger partial charge in [0.25, 0.3) is 0 Å². The van der Waals surface area contributed by atoms with Crippen molar-refractivity contribution in [2.75, 3.05) is 33.4 Å². The lowest BCUT2D eigenvalue weighted by atomic mass is 9.74. The molecule has 2 fully saturated rings. The zero-order valence-electron chi connectivity index (χ0n) is 12.1. The molecule has 2 N–H and O–H groups in total. The molecule has 5 heteroatoms. The Hall–Kier alpha value is -0.650. The van der Waals surface area contributed by atoms with Gasteiger partial charge in [-0.3, -0.25) is 4.79 Å². The van der Waals surface area contributed by atoms with Crippen molar-refractivity contribution < 1.29 is 14.3 Å². The highest BCUT2D eigenvalue weighted by Crippen LogP contribution is 2.33. The predicted octanol–water partition coefficient (Wildman–Crippen LogP) is 0.768. The van der Waals surface area contributed by atoms with Gasteiger partial charge in [0.2, 0.25) is 5.91 Å². The third kappa shape index (κ3) is 3.46. The van der Waals surface area contributed by atoms with Gasteiger partial charge in [0, 0.05) is 25.7 Å². The van der Waals surface area contributed by atoms with Crippen LogP contribution in [0.5, 0.6) is 0 Å². The summed E-state index contributed by atoms with van der Waals surface area (Å²) in [6.07, 6.45) is 4.09. The summed E-state index contributed by atoms with van der Waals surface area (Å²) in [5, 5.41) is 0. The molecule has 3 unspecified atom stereocenters. The van der Waals surface area contributed by atoms with E-state index in [0.29, 0.717) is 26.3 Å².